The van der Waals surface area contributed by atoms with Crippen molar-refractivity contribution in [2.45, 2.75) is 19.3 Å². The van der Waals surface area contributed by atoms with Crippen molar-refractivity contribution in [1.82, 2.24) is 14.4 Å². The summed E-state index contributed by atoms with van der Waals surface area (Å²) in [7, 11) is 0. The van der Waals surface area contributed by atoms with Crippen LogP contribution in [0.15, 0.2) is 72.8 Å². The molecule has 0 unspecified atom stereocenters. The molecule has 0 radical (unpaired) electrons. The predicted molar refractivity (Wildman–Crippen MR) is 125 cm³/mol. The first-order valence-electron chi connectivity index (χ1n) is 10.8. The minimum Gasteiger partial charge on any atom is -0.508 e. The van der Waals surface area contributed by atoms with E-state index >= 15 is 0 Å². The zero-order chi connectivity index (χ0) is 22.5. The minimum absolute atomic E-state index is 0.100. The summed E-state index contributed by atoms with van der Waals surface area (Å²) in [6.45, 7) is 0. The van der Waals surface area contributed by atoms with E-state index in [0.29, 0.717) is 30.6 Å². The Bertz CT molecular complexity index is 1510. The summed E-state index contributed by atoms with van der Waals surface area (Å²) >= 11 is 0. The van der Waals surface area contributed by atoms with Gasteiger partial charge < -0.3 is 15.3 Å². The Morgan fingerprint density at radius 2 is 1.42 bits per heavy atom. The van der Waals surface area contributed by atoms with Crippen LogP contribution in [0.4, 0.5) is 0 Å². The van der Waals surface area contributed by atoms with Crippen molar-refractivity contribution in [3.8, 4) is 28.6 Å². The zero-order valence-corrected chi connectivity index (χ0v) is 17.7. The Hall–Kier alpha value is -4.32. The number of aromatic hydroxyl groups is 3. The van der Waals surface area contributed by atoms with Crippen molar-refractivity contribution in [2.75, 3.05) is 0 Å². The van der Waals surface area contributed by atoms with E-state index in [-0.39, 0.29) is 17.4 Å². The Balaban J connectivity index is 1.54. The molecule has 0 spiro atoms. The maximum Gasteiger partial charge on any atom is 0.219 e. The van der Waals surface area contributed by atoms with Crippen LogP contribution in [-0.4, -0.2) is 29.7 Å². The normalized spacial score (nSPS) is 12.1. The number of hydrogen-bond donors (Lipinski definition) is 3. The van der Waals surface area contributed by atoms with Crippen LogP contribution in [0.3, 0.4) is 0 Å². The summed E-state index contributed by atoms with van der Waals surface area (Å²) in [5.74, 6) is 0.513. The SMILES string of the molecule is Oc1ccc(Cc2nc3c(Cc4ccccc4)nc4c(n3c2O)Cc2cc(O)ccc2-4)cc1. The van der Waals surface area contributed by atoms with E-state index in [2.05, 4.69) is 12.1 Å². The predicted octanol–water partition coefficient (Wildman–Crippen LogP) is 4.60. The fourth-order valence-corrected chi connectivity index (χ4v) is 4.61. The van der Waals surface area contributed by atoms with Crippen molar-refractivity contribution < 1.29 is 15.3 Å². The molecule has 0 bridgehead atoms. The fourth-order valence-electron chi connectivity index (χ4n) is 4.61. The minimum atomic E-state index is 0.100. The molecule has 0 aliphatic heterocycles. The summed E-state index contributed by atoms with van der Waals surface area (Å²) in [5, 5.41) is 30.8. The average molecular weight is 435 g/mol. The second-order valence-corrected chi connectivity index (χ2v) is 8.42. The molecule has 0 saturated heterocycles. The van der Waals surface area contributed by atoms with Gasteiger partial charge in [0.05, 0.1) is 17.1 Å². The van der Waals surface area contributed by atoms with Crippen LogP contribution in [0.1, 0.15) is 33.8 Å². The summed E-state index contributed by atoms with van der Waals surface area (Å²) in [6.07, 6.45) is 1.57. The molecule has 0 saturated carbocycles. The van der Waals surface area contributed by atoms with Gasteiger partial charge in [0.2, 0.25) is 5.88 Å². The number of benzene rings is 3. The maximum atomic E-state index is 11.3. The highest BCUT2D eigenvalue weighted by Crippen LogP contribution is 2.40. The van der Waals surface area contributed by atoms with Crippen molar-refractivity contribution in [3.63, 3.8) is 0 Å². The van der Waals surface area contributed by atoms with E-state index in [1.54, 1.807) is 24.3 Å². The van der Waals surface area contributed by atoms with Gasteiger partial charge in [0.25, 0.3) is 0 Å². The van der Waals surface area contributed by atoms with Gasteiger partial charge in [-0.05, 0) is 47.0 Å². The standard InChI is InChI=1S/C27H21N3O3/c31-19-8-6-17(7-9-19)13-23-27(33)30-24-15-18-14-20(32)10-11-21(18)25(24)28-22(26(30)29-23)12-16-4-2-1-3-5-16/h1-11,14,31-33H,12-13,15H2. The molecule has 6 nitrogen and oxygen atoms in total. The number of phenolic OH excluding ortho intramolecular Hbond substituents is 2. The molecule has 5 aromatic rings. The van der Waals surface area contributed by atoms with Crippen molar-refractivity contribution in [2.24, 2.45) is 0 Å². The first-order valence-corrected chi connectivity index (χ1v) is 10.8. The Labute approximate surface area is 190 Å². The first kappa shape index (κ1) is 19.4. The third-order valence-electron chi connectivity index (χ3n) is 6.19. The second kappa shape index (κ2) is 7.38. The number of imidazole rings is 1. The molecular weight excluding hydrogens is 414 g/mol. The molecule has 0 amide bonds. The molecule has 6 heteroatoms. The summed E-state index contributed by atoms with van der Waals surface area (Å²) < 4.78 is 1.81. The highest BCUT2D eigenvalue weighted by Gasteiger charge is 2.28. The number of hydrogen-bond acceptors (Lipinski definition) is 5. The van der Waals surface area contributed by atoms with Crippen LogP contribution in [0.2, 0.25) is 0 Å². The molecule has 3 N–H and O–H groups in total. The Kier molecular flexibility index (Phi) is 4.33. The lowest BCUT2D eigenvalue weighted by Gasteiger charge is -2.10. The van der Waals surface area contributed by atoms with E-state index in [1.165, 1.54) is 0 Å². The smallest absolute Gasteiger partial charge is 0.219 e. The van der Waals surface area contributed by atoms with Gasteiger partial charge in [-0.2, -0.15) is 0 Å². The van der Waals surface area contributed by atoms with E-state index in [4.69, 9.17) is 9.97 Å². The first-order chi connectivity index (χ1) is 16.1. The molecule has 6 rings (SSSR count). The average Bonchev–Trinajstić information content (AvgIpc) is 3.33. The van der Waals surface area contributed by atoms with E-state index in [1.807, 2.05) is 40.8 Å². The molecule has 2 aromatic heterocycles. The Morgan fingerprint density at radius 3 is 2.21 bits per heavy atom. The molecule has 0 atom stereocenters. The lowest BCUT2D eigenvalue weighted by molar-refractivity contribution is 0.440. The van der Waals surface area contributed by atoms with Gasteiger partial charge in [-0.15, -0.1) is 0 Å². The molecule has 1 aliphatic carbocycles. The number of phenols is 2. The summed E-state index contributed by atoms with van der Waals surface area (Å²) in [5.41, 5.74) is 7.65. The molecule has 162 valence electrons. The van der Waals surface area contributed by atoms with E-state index in [0.717, 1.165) is 39.3 Å². The fraction of sp³-hybridized carbons (Fsp3) is 0.111. The summed E-state index contributed by atoms with van der Waals surface area (Å²) in [6, 6.07) is 22.3. The number of aromatic nitrogens is 3. The van der Waals surface area contributed by atoms with Crippen molar-refractivity contribution in [1.29, 1.82) is 0 Å². The van der Waals surface area contributed by atoms with Crippen molar-refractivity contribution >= 4 is 5.65 Å². The number of fused-ring (bicyclic) bond motifs is 5. The van der Waals surface area contributed by atoms with Crippen LogP contribution in [0.5, 0.6) is 17.4 Å². The van der Waals surface area contributed by atoms with Gasteiger partial charge in [-0.25, -0.2) is 9.97 Å². The summed E-state index contributed by atoms with van der Waals surface area (Å²) in [4.78, 5) is 9.83. The zero-order valence-electron chi connectivity index (χ0n) is 17.7. The van der Waals surface area contributed by atoms with Crippen LogP contribution in [-0.2, 0) is 19.3 Å². The van der Waals surface area contributed by atoms with E-state index in [9.17, 15) is 15.3 Å². The van der Waals surface area contributed by atoms with Crippen molar-refractivity contribution in [3.05, 3.63) is 107 Å². The molecule has 2 heterocycles. The topological polar surface area (TPSA) is 90.9 Å². The quantitative estimate of drug-likeness (QED) is 0.377. The van der Waals surface area contributed by atoms with E-state index < -0.39 is 0 Å². The van der Waals surface area contributed by atoms with Gasteiger partial charge in [0.15, 0.2) is 5.65 Å². The van der Waals surface area contributed by atoms with Gasteiger partial charge in [0, 0.05) is 24.8 Å². The highest BCUT2D eigenvalue weighted by atomic mass is 16.3. The maximum absolute atomic E-state index is 11.3. The third kappa shape index (κ3) is 3.27. The Morgan fingerprint density at radius 1 is 0.727 bits per heavy atom. The number of nitrogens with zero attached hydrogens (tertiary/aromatic N) is 3. The van der Waals surface area contributed by atoms with Gasteiger partial charge in [-0.1, -0.05) is 42.5 Å². The largest absolute Gasteiger partial charge is 0.508 e. The lowest BCUT2D eigenvalue weighted by Crippen LogP contribution is -2.04. The van der Waals surface area contributed by atoms with Gasteiger partial charge in [-0.3, -0.25) is 4.40 Å². The van der Waals surface area contributed by atoms with Gasteiger partial charge >= 0.3 is 0 Å². The highest BCUT2D eigenvalue weighted by molar-refractivity contribution is 5.76. The van der Waals surface area contributed by atoms with Crippen LogP contribution in [0, 0.1) is 0 Å². The monoisotopic (exact) mass is 435 g/mol. The lowest BCUT2D eigenvalue weighted by atomic mass is 10.1. The van der Waals surface area contributed by atoms with Crippen LogP contribution < -0.4 is 0 Å². The molecule has 1 aliphatic rings. The third-order valence-corrected chi connectivity index (χ3v) is 6.19. The molecule has 0 fully saturated rings. The number of rotatable bonds is 4. The molecule has 3 aromatic carbocycles. The van der Waals surface area contributed by atoms with Gasteiger partial charge in [0.1, 0.15) is 17.2 Å². The molecule has 33 heavy (non-hydrogen) atoms. The second-order valence-electron chi connectivity index (χ2n) is 8.42. The van der Waals surface area contributed by atoms with Crippen LogP contribution in [0.25, 0.3) is 16.9 Å². The molecular formula is C27H21N3O3. The van der Waals surface area contributed by atoms with Crippen LogP contribution >= 0.6 is 0 Å².